The van der Waals surface area contributed by atoms with Crippen LogP contribution in [0.3, 0.4) is 0 Å². The minimum Gasteiger partial charge on any atom is -0.508 e. The van der Waals surface area contributed by atoms with Gasteiger partial charge in [0, 0.05) is 5.56 Å². The number of amides is 1. The van der Waals surface area contributed by atoms with Crippen molar-refractivity contribution in [1.29, 1.82) is 0 Å². The van der Waals surface area contributed by atoms with E-state index in [0.717, 1.165) is 0 Å². The quantitative estimate of drug-likeness (QED) is 0.836. The fourth-order valence-corrected chi connectivity index (χ4v) is 2.09. The third-order valence-electron chi connectivity index (χ3n) is 3.73. The number of likely N-dealkylation sites (tertiary alicyclic amines) is 1. The van der Waals surface area contributed by atoms with Crippen LogP contribution in [0.25, 0.3) is 0 Å². The lowest BCUT2D eigenvalue weighted by Crippen LogP contribution is -2.65. The third kappa shape index (κ3) is 2.08. The van der Waals surface area contributed by atoms with E-state index in [4.69, 9.17) is 0 Å². The molecular formula is C14H19NO3. The van der Waals surface area contributed by atoms with Gasteiger partial charge in [0.05, 0.1) is 13.1 Å². The summed E-state index contributed by atoms with van der Waals surface area (Å²) in [7, 11) is 0. The zero-order valence-corrected chi connectivity index (χ0v) is 11.0. The average Bonchev–Trinajstić information content (AvgIpc) is 2.27. The maximum absolute atomic E-state index is 12.1. The third-order valence-corrected chi connectivity index (χ3v) is 3.73. The van der Waals surface area contributed by atoms with Gasteiger partial charge in [-0.05, 0) is 36.6 Å². The van der Waals surface area contributed by atoms with Crippen LogP contribution in [0, 0.1) is 12.8 Å². The molecule has 1 aromatic rings. The number of aromatic hydroxyl groups is 1. The summed E-state index contributed by atoms with van der Waals surface area (Å²) in [6.45, 7) is 6.42. The van der Waals surface area contributed by atoms with E-state index >= 15 is 0 Å². The second-order valence-electron chi connectivity index (χ2n) is 5.42. The van der Waals surface area contributed by atoms with Crippen LogP contribution in [-0.2, 0) is 0 Å². The van der Waals surface area contributed by atoms with Crippen molar-refractivity contribution in [2.75, 3.05) is 13.1 Å². The van der Waals surface area contributed by atoms with Crippen LogP contribution in [0.4, 0.5) is 0 Å². The Hall–Kier alpha value is -1.55. The molecule has 0 spiro atoms. The number of nitrogens with zero attached hydrogens (tertiary/aromatic N) is 1. The van der Waals surface area contributed by atoms with Crippen LogP contribution in [0.5, 0.6) is 5.75 Å². The lowest BCUT2D eigenvalue weighted by atomic mass is 9.82. The molecule has 4 nitrogen and oxygen atoms in total. The van der Waals surface area contributed by atoms with Gasteiger partial charge in [-0.1, -0.05) is 13.8 Å². The highest BCUT2D eigenvalue weighted by Crippen LogP contribution is 2.30. The maximum atomic E-state index is 12.1. The predicted molar refractivity (Wildman–Crippen MR) is 68.5 cm³/mol. The van der Waals surface area contributed by atoms with Crippen molar-refractivity contribution in [3.05, 3.63) is 29.3 Å². The molecule has 1 amide bonds. The number of aryl methyl sites for hydroxylation is 1. The summed E-state index contributed by atoms with van der Waals surface area (Å²) in [5, 5.41) is 19.5. The Morgan fingerprint density at radius 3 is 2.50 bits per heavy atom. The van der Waals surface area contributed by atoms with Crippen molar-refractivity contribution < 1.29 is 15.0 Å². The molecule has 0 radical (unpaired) electrons. The number of phenols is 1. The van der Waals surface area contributed by atoms with Crippen molar-refractivity contribution >= 4 is 5.91 Å². The summed E-state index contributed by atoms with van der Waals surface area (Å²) < 4.78 is 0. The summed E-state index contributed by atoms with van der Waals surface area (Å²) in [6, 6.07) is 4.80. The first-order chi connectivity index (χ1) is 8.33. The smallest absolute Gasteiger partial charge is 0.254 e. The fourth-order valence-electron chi connectivity index (χ4n) is 2.09. The van der Waals surface area contributed by atoms with Gasteiger partial charge in [0.25, 0.3) is 5.91 Å². The van der Waals surface area contributed by atoms with Gasteiger partial charge in [0.2, 0.25) is 0 Å². The van der Waals surface area contributed by atoms with Crippen LogP contribution in [0.2, 0.25) is 0 Å². The van der Waals surface area contributed by atoms with Crippen molar-refractivity contribution in [2.24, 2.45) is 5.92 Å². The highest BCUT2D eigenvalue weighted by atomic mass is 16.3. The fraction of sp³-hybridized carbons (Fsp3) is 0.500. The Morgan fingerprint density at radius 2 is 2.00 bits per heavy atom. The Labute approximate surface area is 107 Å². The molecule has 0 atom stereocenters. The molecule has 18 heavy (non-hydrogen) atoms. The SMILES string of the molecule is Cc1cc(C(=O)N2CC(O)(C(C)C)C2)ccc1O. The Balaban J connectivity index is 2.08. The molecule has 1 aliphatic heterocycles. The highest BCUT2D eigenvalue weighted by Gasteiger charge is 2.45. The highest BCUT2D eigenvalue weighted by molar-refractivity contribution is 5.95. The molecule has 1 aromatic carbocycles. The standard InChI is InChI=1S/C14H19NO3/c1-9(2)14(18)7-15(8-14)13(17)11-4-5-12(16)10(3)6-11/h4-6,9,16,18H,7-8H2,1-3H3. The number of β-amino-alcohol motifs (C(OH)–C–C–N with tert-alkyl or cyclic N) is 1. The van der Waals surface area contributed by atoms with Gasteiger partial charge in [0.15, 0.2) is 0 Å². The molecule has 0 bridgehead atoms. The Bertz CT molecular complexity index is 476. The van der Waals surface area contributed by atoms with Crippen molar-refractivity contribution in [2.45, 2.75) is 26.4 Å². The van der Waals surface area contributed by atoms with Gasteiger partial charge in [-0.15, -0.1) is 0 Å². The second-order valence-corrected chi connectivity index (χ2v) is 5.42. The van der Waals surface area contributed by atoms with E-state index in [0.29, 0.717) is 24.2 Å². The summed E-state index contributed by atoms with van der Waals surface area (Å²) >= 11 is 0. The Kier molecular flexibility index (Phi) is 3.07. The molecule has 2 rings (SSSR count). The number of aliphatic hydroxyl groups is 1. The van der Waals surface area contributed by atoms with Crippen molar-refractivity contribution in [3.63, 3.8) is 0 Å². The minimum absolute atomic E-state index is 0.0941. The zero-order chi connectivity index (χ0) is 13.5. The number of hydrogen-bond donors (Lipinski definition) is 2. The molecule has 0 aromatic heterocycles. The zero-order valence-electron chi connectivity index (χ0n) is 11.0. The molecule has 0 unspecified atom stereocenters. The number of hydrogen-bond acceptors (Lipinski definition) is 3. The van der Waals surface area contributed by atoms with Crippen LogP contribution in [0.15, 0.2) is 18.2 Å². The second kappa shape index (κ2) is 4.28. The summed E-state index contributed by atoms with van der Waals surface area (Å²) in [5.74, 6) is 0.236. The largest absolute Gasteiger partial charge is 0.508 e. The van der Waals surface area contributed by atoms with E-state index in [1.54, 1.807) is 24.0 Å². The van der Waals surface area contributed by atoms with Gasteiger partial charge in [-0.3, -0.25) is 4.79 Å². The van der Waals surface area contributed by atoms with E-state index in [9.17, 15) is 15.0 Å². The molecule has 0 aliphatic carbocycles. The number of carbonyl (C=O) groups excluding carboxylic acids is 1. The minimum atomic E-state index is -0.748. The van der Waals surface area contributed by atoms with Gasteiger partial charge in [0.1, 0.15) is 11.4 Å². The normalized spacial score (nSPS) is 17.7. The molecule has 4 heteroatoms. The van der Waals surface area contributed by atoms with Crippen molar-refractivity contribution in [1.82, 2.24) is 4.90 Å². The van der Waals surface area contributed by atoms with E-state index in [-0.39, 0.29) is 17.6 Å². The van der Waals surface area contributed by atoms with Gasteiger partial charge < -0.3 is 15.1 Å². The topological polar surface area (TPSA) is 60.8 Å². The van der Waals surface area contributed by atoms with E-state index in [1.165, 1.54) is 6.07 Å². The number of rotatable bonds is 2. The predicted octanol–water partition coefficient (Wildman–Crippen LogP) is 1.54. The first kappa shape index (κ1) is 12.9. The number of phenolic OH excluding ortho intramolecular Hbond substituents is 1. The summed E-state index contributed by atoms with van der Waals surface area (Å²) in [6.07, 6.45) is 0. The molecule has 2 N–H and O–H groups in total. The molecule has 0 saturated carbocycles. The van der Waals surface area contributed by atoms with E-state index < -0.39 is 5.60 Å². The van der Waals surface area contributed by atoms with Gasteiger partial charge >= 0.3 is 0 Å². The van der Waals surface area contributed by atoms with Crippen LogP contribution < -0.4 is 0 Å². The molecule has 1 saturated heterocycles. The number of benzene rings is 1. The lowest BCUT2D eigenvalue weighted by molar-refractivity contribution is -0.110. The molecular weight excluding hydrogens is 230 g/mol. The molecule has 1 aliphatic rings. The Morgan fingerprint density at radius 1 is 1.39 bits per heavy atom. The number of carbonyl (C=O) groups is 1. The first-order valence-electron chi connectivity index (χ1n) is 6.15. The van der Waals surface area contributed by atoms with Gasteiger partial charge in [-0.25, -0.2) is 0 Å². The van der Waals surface area contributed by atoms with Crippen LogP contribution in [0.1, 0.15) is 29.8 Å². The van der Waals surface area contributed by atoms with E-state index in [2.05, 4.69) is 0 Å². The molecule has 98 valence electrons. The monoisotopic (exact) mass is 249 g/mol. The first-order valence-corrected chi connectivity index (χ1v) is 6.15. The van der Waals surface area contributed by atoms with Crippen molar-refractivity contribution in [3.8, 4) is 5.75 Å². The average molecular weight is 249 g/mol. The van der Waals surface area contributed by atoms with Crippen LogP contribution >= 0.6 is 0 Å². The molecule has 1 fully saturated rings. The van der Waals surface area contributed by atoms with Crippen LogP contribution in [-0.4, -0.2) is 39.7 Å². The lowest BCUT2D eigenvalue weighted by Gasteiger charge is -2.49. The summed E-state index contributed by atoms with van der Waals surface area (Å²) in [4.78, 5) is 13.8. The summed E-state index contributed by atoms with van der Waals surface area (Å²) in [5.41, 5.74) is 0.485. The van der Waals surface area contributed by atoms with E-state index in [1.807, 2.05) is 13.8 Å². The molecule has 1 heterocycles. The maximum Gasteiger partial charge on any atom is 0.254 e. The van der Waals surface area contributed by atoms with Gasteiger partial charge in [-0.2, -0.15) is 0 Å².